The van der Waals surface area contributed by atoms with Crippen LogP contribution in [0.4, 0.5) is 4.39 Å². The smallest absolute Gasteiger partial charge is 0.137 e. The Balaban J connectivity index is 2.07. The predicted octanol–water partition coefficient (Wildman–Crippen LogP) is 4.59. The molecule has 96 valence electrons. The number of benzene rings is 1. The van der Waals surface area contributed by atoms with Crippen molar-refractivity contribution in [3.63, 3.8) is 0 Å². The van der Waals surface area contributed by atoms with Gasteiger partial charge in [-0.2, -0.15) is 0 Å². The Morgan fingerprint density at radius 1 is 1.22 bits per heavy atom. The highest BCUT2D eigenvalue weighted by Crippen LogP contribution is 2.23. The van der Waals surface area contributed by atoms with Crippen molar-refractivity contribution in [3.05, 3.63) is 58.2 Å². The molecule has 0 aliphatic rings. The molecule has 1 aromatic heterocycles. The van der Waals surface area contributed by atoms with Crippen molar-refractivity contribution in [1.29, 1.82) is 0 Å². The highest BCUT2D eigenvalue weighted by atomic mass is 79.9. The third-order valence-electron chi connectivity index (χ3n) is 2.91. The Labute approximate surface area is 114 Å². The number of rotatable bonds is 4. The van der Waals surface area contributed by atoms with Gasteiger partial charge in [0.05, 0.1) is 16.8 Å². The van der Waals surface area contributed by atoms with E-state index in [2.05, 4.69) is 21.2 Å². The minimum absolute atomic E-state index is 0.110. The maximum absolute atomic E-state index is 13.2. The van der Waals surface area contributed by atoms with E-state index in [-0.39, 0.29) is 17.9 Å². The molecular formula is C14H15BrFNO. The van der Waals surface area contributed by atoms with E-state index in [0.717, 1.165) is 11.3 Å². The van der Waals surface area contributed by atoms with Gasteiger partial charge in [-0.25, -0.2) is 4.39 Å². The molecule has 2 unspecified atom stereocenters. The summed E-state index contributed by atoms with van der Waals surface area (Å²) in [5, 5.41) is 3.41. The highest BCUT2D eigenvalue weighted by Gasteiger charge is 2.13. The predicted molar refractivity (Wildman–Crippen MR) is 72.8 cm³/mol. The molecule has 0 aliphatic carbocycles. The molecule has 0 spiro atoms. The lowest BCUT2D eigenvalue weighted by Gasteiger charge is -2.19. The van der Waals surface area contributed by atoms with Gasteiger partial charge >= 0.3 is 0 Å². The molecule has 0 saturated heterocycles. The largest absolute Gasteiger partial charge is 0.468 e. The van der Waals surface area contributed by atoms with Crippen LogP contribution in [0.3, 0.4) is 0 Å². The van der Waals surface area contributed by atoms with Crippen LogP contribution in [-0.4, -0.2) is 0 Å². The number of hydrogen-bond acceptors (Lipinski definition) is 2. The van der Waals surface area contributed by atoms with Gasteiger partial charge in [0, 0.05) is 6.04 Å². The molecular weight excluding hydrogens is 297 g/mol. The standard InChI is InChI=1S/C14H15BrFNO/c1-9(11-5-6-13(16)12(15)8-11)17-10(2)14-4-3-7-18-14/h3-10,17H,1-2H3. The third-order valence-corrected chi connectivity index (χ3v) is 3.52. The normalized spacial score (nSPS) is 14.4. The van der Waals surface area contributed by atoms with Crippen molar-refractivity contribution in [3.8, 4) is 0 Å². The topological polar surface area (TPSA) is 25.2 Å². The van der Waals surface area contributed by atoms with E-state index in [0.29, 0.717) is 4.47 Å². The molecule has 2 aromatic rings. The molecule has 18 heavy (non-hydrogen) atoms. The van der Waals surface area contributed by atoms with Gasteiger partial charge in [0.15, 0.2) is 0 Å². The minimum Gasteiger partial charge on any atom is -0.468 e. The Hall–Kier alpha value is -1.13. The van der Waals surface area contributed by atoms with E-state index in [1.165, 1.54) is 6.07 Å². The van der Waals surface area contributed by atoms with Crippen LogP contribution in [0.5, 0.6) is 0 Å². The molecule has 0 saturated carbocycles. The van der Waals surface area contributed by atoms with E-state index in [1.807, 2.05) is 26.0 Å². The van der Waals surface area contributed by atoms with Crippen molar-refractivity contribution in [2.24, 2.45) is 0 Å². The molecule has 2 atom stereocenters. The lowest BCUT2D eigenvalue weighted by molar-refractivity contribution is 0.402. The van der Waals surface area contributed by atoms with Crippen LogP contribution in [-0.2, 0) is 0 Å². The number of furan rings is 1. The molecule has 2 rings (SSSR count). The van der Waals surface area contributed by atoms with Crippen molar-refractivity contribution >= 4 is 15.9 Å². The first-order chi connectivity index (χ1) is 8.58. The summed E-state index contributed by atoms with van der Waals surface area (Å²) in [6.45, 7) is 4.08. The van der Waals surface area contributed by atoms with Gasteiger partial charge in [-0.3, -0.25) is 0 Å². The van der Waals surface area contributed by atoms with Crippen molar-refractivity contribution in [2.45, 2.75) is 25.9 Å². The maximum atomic E-state index is 13.2. The molecule has 0 amide bonds. The fourth-order valence-corrected chi connectivity index (χ4v) is 2.27. The molecule has 1 heterocycles. The van der Waals surface area contributed by atoms with E-state index in [9.17, 15) is 4.39 Å². The average molecular weight is 312 g/mol. The Morgan fingerprint density at radius 3 is 2.61 bits per heavy atom. The second-order valence-electron chi connectivity index (χ2n) is 4.30. The number of hydrogen-bond donors (Lipinski definition) is 1. The van der Waals surface area contributed by atoms with Gasteiger partial charge in [0.1, 0.15) is 11.6 Å². The second-order valence-corrected chi connectivity index (χ2v) is 5.15. The summed E-state index contributed by atoms with van der Waals surface area (Å²) in [5.74, 6) is 0.646. The SMILES string of the molecule is CC(NC(C)c1ccco1)c1ccc(F)c(Br)c1. The van der Waals surface area contributed by atoms with Crippen molar-refractivity contribution < 1.29 is 8.81 Å². The molecule has 2 nitrogen and oxygen atoms in total. The van der Waals surface area contributed by atoms with E-state index in [1.54, 1.807) is 18.4 Å². The van der Waals surface area contributed by atoms with Crippen molar-refractivity contribution in [1.82, 2.24) is 5.32 Å². The zero-order valence-corrected chi connectivity index (χ0v) is 11.9. The summed E-state index contributed by atoms with van der Waals surface area (Å²) in [5.41, 5.74) is 1.03. The first kappa shape index (κ1) is 13.3. The number of halogens is 2. The van der Waals surface area contributed by atoms with Gasteiger partial charge in [-0.05, 0) is 59.6 Å². The van der Waals surface area contributed by atoms with Gasteiger partial charge in [-0.15, -0.1) is 0 Å². The Kier molecular flexibility index (Phi) is 4.19. The number of nitrogens with one attached hydrogen (secondary N) is 1. The van der Waals surface area contributed by atoms with E-state index >= 15 is 0 Å². The second kappa shape index (κ2) is 5.67. The molecule has 0 aliphatic heterocycles. The molecule has 1 aromatic carbocycles. The fourth-order valence-electron chi connectivity index (χ4n) is 1.87. The van der Waals surface area contributed by atoms with Crippen LogP contribution in [0.1, 0.15) is 37.3 Å². The molecule has 4 heteroatoms. The first-order valence-electron chi connectivity index (χ1n) is 5.82. The van der Waals surface area contributed by atoms with Crippen LogP contribution < -0.4 is 5.32 Å². The lowest BCUT2D eigenvalue weighted by atomic mass is 10.1. The summed E-state index contributed by atoms with van der Waals surface area (Å²) in [4.78, 5) is 0. The van der Waals surface area contributed by atoms with E-state index < -0.39 is 0 Å². The third kappa shape index (κ3) is 3.00. The van der Waals surface area contributed by atoms with Crippen LogP contribution in [0.15, 0.2) is 45.5 Å². The van der Waals surface area contributed by atoms with Crippen LogP contribution in [0.25, 0.3) is 0 Å². The minimum atomic E-state index is -0.245. The molecule has 0 fully saturated rings. The summed E-state index contributed by atoms with van der Waals surface area (Å²) in [6, 6.07) is 9.07. The van der Waals surface area contributed by atoms with Crippen molar-refractivity contribution in [2.75, 3.05) is 0 Å². The zero-order valence-electron chi connectivity index (χ0n) is 10.3. The summed E-state index contributed by atoms with van der Waals surface area (Å²) in [7, 11) is 0. The monoisotopic (exact) mass is 311 g/mol. The van der Waals surface area contributed by atoms with Gasteiger partial charge in [0.2, 0.25) is 0 Å². The summed E-state index contributed by atoms with van der Waals surface area (Å²) >= 11 is 3.20. The van der Waals surface area contributed by atoms with Gasteiger partial charge < -0.3 is 9.73 Å². The van der Waals surface area contributed by atoms with Crippen LogP contribution in [0.2, 0.25) is 0 Å². The average Bonchev–Trinajstić information content (AvgIpc) is 2.86. The first-order valence-corrected chi connectivity index (χ1v) is 6.61. The Morgan fingerprint density at radius 2 is 2.00 bits per heavy atom. The summed E-state index contributed by atoms with van der Waals surface area (Å²) in [6.07, 6.45) is 1.66. The molecule has 0 bridgehead atoms. The zero-order chi connectivity index (χ0) is 13.1. The highest BCUT2D eigenvalue weighted by molar-refractivity contribution is 9.10. The van der Waals surface area contributed by atoms with E-state index in [4.69, 9.17) is 4.42 Å². The molecule has 1 N–H and O–H groups in total. The fraction of sp³-hybridized carbons (Fsp3) is 0.286. The Bertz CT molecular complexity index is 513. The molecule has 0 radical (unpaired) electrons. The van der Waals surface area contributed by atoms with Gasteiger partial charge in [0.25, 0.3) is 0 Å². The van der Waals surface area contributed by atoms with Crippen LogP contribution in [0, 0.1) is 5.82 Å². The van der Waals surface area contributed by atoms with Crippen LogP contribution >= 0.6 is 15.9 Å². The quantitative estimate of drug-likeness (QED) is 0.893. The van der Waals surface area contributed by atoms with Gasteiger partial charge in [-0.1, -0.05) is 6.07 Å². The summed E-state index contributed by atoms with van der Waals surface area (Å²) < 4.78 is 19.0. The lowest BCUT2D eigenvalue weighted by Crippen LogP contribution is -2.22. The maximum Gasteiger partial charge on any atom is 0.137 e.